The first-order valence-corrected chi connectivity index (χ1v) is 4.43. The summed E-state index contributed by atoms with van der Waals surface area (Å²) in [5.74, 6) is 0.524. The van der Waals surface area contributed by atoms with Crippen molar-refractivity contribution in [3.63, 3.8) is 0 Å². The molecule has 0 aliphatic carbocycles. The summed E-state index contributed by atoms with van der Waals surface area (Å²) in [5, 5.41) is 11.2. The van der Waals surface area contributed by atoms with Gasteiger partial charge < -0.3 is 14.7 Å². The summed E-state index contributed by atoms with van der Waals surface area (Å²) in [6, 6.07) is 4.54. The maximum atomic E-state index is 11.9. The Morgan fingerprint density at radius 1 is 1.44 bits per heavy atom. The van der Waals surface area contributed by atoms with E-state index in [9.17, 15) is 8.78 Å². The van der Waals surface area contributed by atoms with Crippen molar-refractivity contribution in [2.45, 2.75) is 6.43 Å². The molecule has 0 heterocycles. The van der Waals surface area contributed by atoms with E-state index in [1.54, 1.807) is 6.07 Å². The molecule has 6 heteroatoms. The number of halogens is 2. The second kappa shape index (κ2) is 5.89. The summed E-state index contributed by atoms with van der Waals surface area (Å²) in [5.41, 5.74) is 0.573. The smallest absolute Gasteiger partial charge is 0.272 e. The van der Waals surface area contributed by atoms with Gasteiger partial charge in [-0.25, -0.2) is 8.78 Å². The zero-order chi connectivity index (χ0) is 12.0. The Morgan fingerprint density at radius 3 is 2.75 bits per heavy atom. The van der Waals surface area contributed by atoms with Gasteiger partial charge in [0, 0.05) is 5.56 Å². The monoisotopic (exact) mass is 231 g/mol. The number of hydrogen-bond donors (Lipinski definition) is 1. The average molecular weight is 231 g/mol. The van der Waals surface area contributed by atoms with Gasteiger partial charge in [0.25, 0.3) is 6.43 Å². The predicted molar refractivity (Wildman–Crippen MR) is 53.9 cm³/mol. The third-order valence-electron chi connectivity index (χ3n) is 1.76. The van der Waals surface area contributed by atoms with Crippen molar-refractivity contribution in [2.24, 2.45) is 5.16 Å². The Hall–Kier alpha value is -1.85. The second-order valence-electron chi connectivity index (χ2n) is 2.86. The first-order valence-electron chi connectivity index (χ1n) is 4.43. The summed E-state index contributed by atoms with van der Waals surface area (Å²) in [4.78, 5) is 0. The number of rotatable bonds is 5. The topological polar surface area (TPSA) is 51.0 Å². The van der Waals surface area contributed by atoms with E-state index in [1.165, 1.54) is 25.5 Å². The fourth-order valence-electron chi connectivity index (χ4n) is 1.10. The molecule has 0 aliphatic heterocycles. The van der Waals surface area contributed by atoms with E-state index in [0.29, 0.717) is 11.3 Å². The highest BCUT2D eigenvalue weighted by Crippen LogP contribution is 2.27. The Labute approximate surface area is 91.1 Å². The third-order valence-corrected chi connectivity index (χ3v) is 1.76. The highest BCUT2D eigenvalue weighted by Gasteiger charge is 2.08. The lowest BCUT2D eigenvalue weighted by molar-refractivity contribution is 0.0804. The lowest BCUT2D eigenvalue weighted by atomic mass is 10.2. The fourth-order valence-corrected chi connectivity index (χ4v) is 1.10. The molecule has 16 heavy (non-hydrogen) atoms. The van der Waals surface area contributed by atoms with Crippen molar-refractivity contribution in [3.05, 3.63) is 23.8 Å². The molecule has 88 valence electrons. The summed E-state index contributed by atoms with van der Waals surface area (Å²) < 4.78 is 33.7. The van der Waals surface area contributed by atoms with E-state index in [4.69, 9.17) is 14.7 Å². The molecule has 4 nitrogen and oxygen atoms in total. The summed E-state index contributed by atoms with van der Waals surface area (Å²) in [7, 11) is 1.39. The molecule has 0 atom stereocenters. The maximum absolute atomic E-state index is 11.9. The molecule has 0 saturated carbocycles. The van der Waals surface area contributed by atoms with Crippen LogP contribution in [0.25, 0.3) is 0 Å². The highest BCUT2D eigenvalue weighted by molar-refractivity contribution is 5.80. The van der Waals surface area contributed by atoms with Crippen molar-refractivity contribution in [3.8, 4) is 11.5 Å². The van der Waals surface area contributed by atoms with Crippen LogP contribution in [0.5, 0.6) is 11.5 Å². The largest absolute Gasteiger partial charge is 0.493 e. The van der Waals surface area contributed by atoms with Crippen LogP contribution < -0.4 is 9.47 Å². The zero-order valence-electron chi connectivity index (χ0n) is 8.56. The molecule has 0 unspecified atom stereocenters. The summed E-state index contributed by atoms with van der Waals surface area (Å²) in [6.07, 6.45) is -1.34. The first kappa shape index (κ1) is 12.2. The molecule has 0 fully saturated rings. The molecule has 1 aromatic carbocycles. The average Bonchev–Trinajstić information content (AvgIpc) is 2.27. The van der Waals surface area contributed by atoms with Gasteiger partial charge in [0.15, 0.2) is 11.5 Å². The zero-order valence-corrected chi connectivity index (χ0v) is 8.56. The van der Waals surface area contributed by atoms with E-state index < -0.39 is 13.0 Å². The lowest BCUT2D eigenvalue weighted by Gasteiger charge is -2.10. The number of alkyl halides is 2. The van der Waals surface area contributed by atoms with E-state index in [2.05, 4.69) is 5.16 Å². The molecule has 0 amide bonds. The van der Waals surface area contributed by atoms with E-state index in [1.807, 2.05) is 0 Å². The van der Waals surface area contributed by atoms with Gasteiger partial charge in [0.05, 0.1) is 13.3 Å². The SMILES string of the molecule is COc1cc(/C=N\O)ccc1OCC(F)F. The number of oxime groups is 1. The lowest BCUT2D eigenvalue weighted by Crippen LogP contribution is -2.07. The summed E-state index contributed by atoms with van der Waals surface area (Å²) in [6.45, 7) is -0.691. The number of benzene rings is 1. The molecule has 0 saturated heterocycles. The van der Waals surface area contributed by atoms with Crippen LogP contribution in [-0.4, -0.2) is 31.6 Å². The van der Waals surface area contributed by atoms with Crippen LogP contribution in [0.1, 0.15) is 5.56 Å². The van der Waals surface area contributed by atoms with Gasteiger partial charge in [-0.05, 0) is 18.2 Å². The van der Waals surface area contributed by atoms with E-state index in [-0.39, 0.29) is 5.75 Å². The normalized spacial score (nSPS) is 11.0. The van der Waals surface area contributed by atoms with Crippen LogP contribution >= 0.6 is 0 Å². The van der Waals surface area contributed by atoms with Gasteiger partial charge in [0.2, 0.25) is 0 Å². The second-order valence-corrected chi connectivity index (χ2v) is 2.86. The van der Waals surface area contributed by atoms with Crippen LogP contribution in [-0.2, 0) is 0 Å². The molecule has 0 aliphatic rings. The van der Waals surface area contributed by atoms with Crippen molar-refractivity contribution in [1.29, 1.82) is 0 Å². The maximum Gasteiger partial charge on any atom is 0.272 e. The van der Waals surface area contributed by atoms with Crippen LogP contribution in [0.2, 0.25) is 0 Å². The number of methoxy groups -OCH3 is 1. The summed E-state index contributed by atoms with van der Waals surface area (Å²) >= 11 is 0. The predicted octanol–water partition coefficient (Wildman–Crippen LogP) is 2.15. The quantitative estimate of drug-likeness (QED) is 0.480. The van der Waals surface area contributed by atoms with Gasteiger partial charge in [0.1, 0.15) is 6.61 Å². The van der Waals surface area contributed by atoms with Gasteiger partial charge in [-0.2, -0.15) is 0 Å². The standard InChI is InChI=1S/C10H11F2NO3/c1-15-9-4-7(5-13-14)2-3-8(9)16-6-10(11)12/h2-5,10,14H,6H2,1H3/b13-5-. The number of ether oxygens (including phenoxy) is 2. The number of nitrogens with zero attached hydrogens (tertiary/aromatic N) is 1. The first-order chi connectivity index (χ1) is 7.67. The Kier molecular flexibility index (Phi) is 4.50. The fraction of sp³-hybridized carbons (Fsp3) is 0.300. The molecule has 0 bridgehead atoms. The minimum atomic E-state index is -2.54. The minimum Gasteiger partial charge on any atom is -0.493 e. The van der Waals surface area contributed by atoms with Crippen LogP contribution in [0.4, 0.5) is 8.78 Å². The molecular weight excluding hydrogens is 220 g/mol. The van der Waals surface area contributed by atoms with Crippen LogP contribution in [0.15, 0.2) is 23.4 Å². The molecule has 0 spiro atoms. The van der Waals surface area contributed by atoms with Crippen molar-refractivity contribution in [1.82, 2.24) is 0 Å². The van der Waals surface area contributed by atoms with Gasteiger partial charge in [-0.1, -0.05) is 5.16 Å². The Bertz CT molecular complexity index is 369. The molecule has 1 aromatic rings. The van der Waals surface area contributed by atoms with Crippen LogP contribution in [0, 0.1) is 0 Å². The van der Waals surface area contributed by atoms with E-state index >= 15 is 0 Å². The van der Waals surface area contributed by atoms with Crippen molar-refractivity contribution >= 4 is 6.21 Å². The number of hydrogen-bond acceptors (Lipinski definition) is 4. The van der Waals surface area contributed by atoms with E-state index in [0.717, 1.165) is 0 Å². The van der Waals surface area contributed by atoms with Crippen molar-refractivity contribution < 1.29 is 23.5 Å². The molecule has 0 aromatic heterocycles. The Morgan fingerprint density at radius 2 is 2.19 bits per heavy atom. The van der Waals surface area contributed by atoms with Gasteiger partial charge >= 0.3 is 0 Å². The van der Waals surface area contributed by atoms with Gasteiger partial charge in [-0.15, -0.1) is 0 Å². The van der Waals surface area contributed by atoms with Crippen LogP contribution in [0.3, 0.4) is 0 Å². The highest BCUT2D eigenvalue weighted by atomic mass is 19.3. The minimum absolute atomic E-state index is 0.220. The molecule has 1 rings (SSSR count). The Balaban J connectivity index is 2.84. The van der Waals surface area contributed by atoms with Gasteiger partial charge in [-0.3, -0.25) is 0 Å². The molecule has 1 N–H and O–H groups in total. The van der Waals surface area contributed by atoms with Crippen molar-refractivity contribution in [2.75, 3.05) is 13.7 Å². The third kappa shape index (κ3) is 3.38. The molecule has 0 radical (unpaired) electrons. The molecular formula is C10H11F2NO3.